The molecule has 2 nitrogen and oxygen atoms in total. The van der Waals surface area contributed by atoms with Crippen molar-refractivity contribution in [1.82, 2.24) is 0 Å². The van der Waals surface area contributed by atoms with Gasteiger partial charge in [0.25, 0.3) is 5.60 Å². The number of aliphatic hydroxyl groups is 2. The Morgan fingerprint density at radius 2 is 0.913 bits per heavy atom. The quantitative estimate of drug-likeness (QED) is 0.792. The second-order valence-corrected chi connectivity index (χ2v) is 4.85. The molecule has 1 unspecified atom stereocenters. The predicted molar refractivity (Wildman–Crippen MR) is 58.1 cm³/mol. The van der Waals surface area contributed by atoms with E-state index < -0.39 is 40.9 Å². The number of alkyl halides is 9. The lowest BCUT2D eigenvalue weighted by molar-refractivity contribution is -0.376. The van der Waals surface area contributed by atoms with Crippen LogP contribution in [0.15, 0.2) is 24.3 Å². The summed E-state index contributed by atoms with van der Waals surface area (Å²) in [4.78, 5) is 0. The SMILES string of the molecule is CC(O)(c1ccc(C(O)(C(F)(F)F)C(F)(F)F)cc1)C(F)(F)F. The largest absolute Gasteiger partial charge is 0.430 e. The molecule has 11 heteroatoms. The number of benzene rings is 1. The molecule has 1 aromatic rings. The highest BCUT2D eigenvalue weighted by molar-refractivity contribution is 5.33. The summed E-state index contributed by atoms with van der Waals surface area (Å²) >= 11 is 0. The molecular formula is C12H9F9O2. The maximum Gasteiger partial charge on any atom is 0.430 e. The van der Waals surface area contributed by atoms with Gasteiger partial charge in [0.1, 0.15) is 0 Å². The van der Waals surface area contributed by atoms with Crippen molar-refractivity contribution in [2.24, 2.45) is 0 Å². The maximum atomic E-state index is 12.6. The Morgan fingerprint density at radius 3 is 1.17 bits per heavy atom. The smallest absolute Gasteiger partial charge is 0.376 e. The Labute approximate surface area is 123 Å². The molecule has 1 rings (SSSR count). The molecule has 2 N–H and O–H groups in total. The monoisotopic (exact) mass is 356 g/mol. The van der Waals surface area contributed by atoms with Crippen molar-refractivity contribution in [3.63, 3.8) is 0 Å². The number of rotatable bonds is 2. The Morgan fingerprint density at radius 1 is 0.609 bits per heavy atom. The van der Waals surface area contributed by atoms with Crippen molar-refractivity contribution in [2.45, 2.75) is 36.7 Å². The molecule has 0 aliphatic carbocycles. The molecule has 0 aliphatic rings. The maximum absolute atomic E-state index is 12.6. The van der Waals surface area contributed by atoms with Gasteiger partial charge in [-0.2, -0.15) is 39.5 Å². The van der Waals surface area contributed by atoms with Gasteiger partial charge in [0.15, 0.2) is 5.60 Å². The summed E-state index contributed by atoms with van der Waals surface area (Å²) in [6.07, 6.45) is -17.5. The van der Waals surface area contributed by atoms with E-state index in [0.717, 1.165) is 0 Å². The number of hydrogen-bond acceptors (Lipinski definition) is 2. The molecule has 0 aliphatic heterocycles. The van der Waals surface area contributed by atoms with Crippen LogP contribution >= 0.6 is 0 Å². The fraction of sp³-hybridized carbons (Fsp3) is 0.500. The van der Waals surface area contributed by atoms with Gasteiger partial charge in [-0.15, -0.1) is 0 Å². The summed E-state index contributed by atoms with van der Waals surface area (Å²) in [6.45, 7) is 0.279. The van der Waals surface area contributed by atoms with E-state index >= 15 is 0 Å². The molecule has 0 spiro atoms. The summed E-state index contributed by atoms with van der Waals surface area (Å²) in [5.41, 5.74) is -11.4. The van der Waals surface area contributed by atoms with Gasteiger partial charge in [-0.3, -0.25) is 0 Å². The number of halogens is 9. The van der Waals surface area contributed by atoms with E-state index in [4.69, 9.17) is 5.11 Å². The van der Waals surface area contributed by atoms with Crippen molar-refractivity contribution >= 4 is 0 Å². The summed E-state index contributed by atoms with van der Waals surface area (Å²) in [6, 6.07) is 0.504. The molecule has 0 saturated heterocycles. The molecule has 0 radical (unpaired) electrons. The number of hydrogen-bond donors (Lipinski definition) is 2. The van der Waals surface area contributed by atoms with E-state index in [1.165, 1.54) is 0 Å². The minimum atomic E-state index is -6.15. The second kappa shape index (κ2) is 5.26. The van der Waals surface area contributed by atoms with Crippen LogP contribution in [-0.4, -0.2) is 28.7 Å². The van der Waals surface area contributed by atoms with Gasteiger partial charge < -0.3 is 10.2 Å². The summed E-state index contributed by atoms with van der Waals surface area (Å²) in [7, 11) is 0. The standard InChI is InChI=1S/C12H9F9O2/c1-8(22,10(13,14)15)6-2-4-7(5-3-6)9(23,11(16,17)18)12(19,20)21/h2-5,22-23H,1H3. The zero-order valence-corrected chi connectivity index (χ0v) is 11.1. The highest BCUT2D eigenvalue weighted by Crippen LogP contribution is 2.50. The Balaban J connectivity index is 3.43. The Hall–Kier alpha value is -1.49. The van der Waals surface area contributed by atoms with Crippen molar-refractivity contribution in [2.75, 3.05) is 0 Å². The van der Waals surface area contributed by atoms with Gasteiger partial charge in [0.05, 0.1) is 0 Å². The molecule has 0 amide bonds. The Bertz CT molecular complexity index is 538. The van der Waals surface area contributed by atoms with Crippen LogP contribution in [0.2, 0.25) is 0 Å². The highest BCUT2D eigenvalue weighted by atomic mass is 19.4. The fourth-order valence-corrected chi connectivity index (χ4v) is 1.69. The third kappa shape index (κ3) is 3.11. The highest BCUT2D eigenvalue weighted by Gasteiger charge is 2.71. The normalized spacial score (nSPS) is 17.0. The molecule has 132 valence electrons. The minimum absolute atomic E-state index is 0.0243. The van der Waals surface area contributed by atoms with Crippen LogP contribution < -0.4 is 0 Å². The molecule has 0 saturated carbocycles. The average molecular weight is 356 g/mol. The van der Waals surface area contributed by atoms with E-state index in [-0.39, 0.29) is 31.2 Å². The van der Waals surface area contributed by atoms with E-state index in [9.17, 15) is 44.6 Å². The van der Waals surface area contributed by atoms with Crippen molar-refractivity contribution in [1.29, 1.82) is 0 Å². The van der Waals surface area contributed by atoms with Gasteiger partial charge in [-0.25, -0.2) is 0 Å². The molecule has 0 bridgehead atoms. The fourth-order valence-electron chi connectivity index (χ4n) is 1.69. The van der Waals surface area contributed by atoms with Gasteiger partial charge >= 0.3 is 18.5 Å². The van der Waals surface area contributed by atoms with Crippen molar-refractivity contribution in [3.05, 3.63) is 35.4 Å². The van der Waals surface area contributed by atoms with Crippen LogP contribution in [0.1, 0.15) is 18.1 Å². The lowest BCUT2D eigenvalue weighted by atomic mass is 9.88. The first-order valence-corrected chi connectivity index (χ1v) is 5.72. The Kier molecular flexibility index (Phi) is 4.48. The third-order valence-electron chi connectivity index (χ3n) is 3.24. The van der Waals surface area contributed by atoms with Gasteiger partial charge in [0.2, 0.25) is 0 Å². The molecule has 23 heavy (non-hydrogen) atoms. The van der Waals surface area contributed by atoms with Crippen LogP contribution in [0.3, 0.4) is 0 Å². The predicted octanol–water partition coefficient (Wildman–Crippen LogP) is 3.77. The van der Waals surface area contributed by atoms with Crippen molar-refractivity contribution < 1.29 is 49.7 Å². The van der Waals surface area contributed by atoms with Crippen LogP contribution in [-0.2, 0) is 11.2 Å². The van der Waals surface area contributed by atoms with Gasteiger partial charge in [0, 0.05) is 5.56 Å². The van der Waals surface area contributed by atoms with Crippen LogP contribution in [0.5, 0.6) is 0 Å². The van der Waals surface area contributed by atoms with E-state index in [2.05, 4.69) is 0 Å². The van der Waals surface area contributed by atoms with E-state index in [0.29, 0.717) is 0 Å². The molecular weight excluding hydrogens is 347 g/mol. The van der Waals surface area contributed by atoms with E-state index in [1.807, 2.05) is 0 Å². The molecule has 0 heterocycles. The molecule has 1 aromatic carbocycles. The first-order chi connectivity index (χ1) is 9.96. The lowest BCUT2D eigenvalue weighted by Gasteiger charge is -2.33. The summed E-state index contributed by atoms with van der Waals surface area (Å²) in [5.74, 6) is 0. The molecule has 0 fully saturated rings. The van der Waals surface area contributed by atoms with Crippen LogP contribution in [0, 0.1) is 0 Å². The first-order valence-electron chi connectivity index (χ1n) is 5.72. The minimum Gasteiger partial charge on any atom is -0.376 e. The van der Waals surface area contributed by atoms with Gasteiger partial charge in [-0.1, -0.05) is 24.3 Å². The first kappa shape index (κ1) is 19.6. The summed E-state index contributed by atoms with van der Waals surface area (Å²) < 4.78 is 113. The zero-order valence-electron chi connectivity index (χ0n) is 11.1. The van der Waals surface area contributed by atoms with E-state index in [1.54, 1.807) is 0 Å². The lowest BCUT2D eigenvalue weighted by Crippen LogP contribution is -2.54. The van der Waals surface area contributed by atoms with Crippen LogP contribution in [0.25, 0.3) is 0 Å². The zero-order chi connectivity index (χ0) is 18.5. The topological polar surface area (TPSA) is 40.5 Å². The summed E-state index contributed by atoms with van der Waals surface area (Å²) in [5, 5.41) is 18.4. The second-order valence-electron chi connectivity index (χ2n) is 4.85. The van der Waals surface area contributed by atoms with Gasteiger partial charge in [-0.05, 0) is 12.5 Å². The molecule has 1 atom stereocenters. The van der Waals surface area contributed by atoms with Crippen molar-refractivity contribution in [3.8, 4) is 0 Å². The average Bonchev–Trinajstić information content (AvgIpc) is 2.33. The van der Waals surface area contributed by atoms with Crippen LogP contribution in [0.4, 0.5) is 39.5 Å². The third-order valence-corrected chi connectivity index (χ3v) is 3.24. The molecule has 0 aromatic heterocycles.